The Morgan fingerprint density at radius 3 is 2.83 bits per heavy atom. The lowest BCUT2D eigenvalue weighted by Crippen LogP contribution is -2.05. The summed E-state index contributed by atoms with van der Waals surface area (Å²) in [6.45, 7) is 1.99. The van der Waals surface area contributed by atoms with Crippen molar-refractivity contribution in [2.75, 3.05) is 5.75 Å². The van der Waals surface area contributed by atoms with Gasteiger partial charge in [-0.3, -0.25) is 9.78 Å². The SMILES string of the molecule is Cc1ccccc1SCC(=O)c1ccncc1F. The lowest BCUT2D eigenvalue weighted by molar-refractivity contribution is 0.101. The van der Waals surface area contributed by atoms with Gasteiger partial charge in [0.15, 0.2) is 11.6 Å². The van der Waals surface area contributed by atoms with Crippen LogP contribution in [0.4, 0.5) is 4.39 Å². The third-order valence-electron chi connectivity index (χ3n) is 2.53. The van der Waals surface area contributed by atoms with Gasteiger partial charge in [0.05, 0.1) is 17.5 Å². The maximum Gasteiger partial charge on any atom is 0.176 e. The van der Waals surface area contributed by atoms with E-state index in [0.717, 1.165) is 16.7 Å². The average molecular weight is 261 g/mol. The van der Waals surface area contributed by atoms with Crippen LogP contribution < -0.4 is 0 Å². The van der Waals surface area contributed by atoms with E-state index in [2.05, 4.69) is 4.98 Å². The van der Waals surface area contributed by atoms with Crippen molar-refractivity contribution >= 4 is 17.5 Å². The molecule has 0 atom stereocenters. The zero-order valence-corrected chi connectivity index (χ0v) is 10.7. The zero-order valence-electron chi connectivity index (χ0n) is 9.89. The van der Waals surface area contributed by atoms with Gasteiger partial charge < -0.3 is 0 Å². The summed E-state index contributed by atoms with van der Waals surface area (Å²) in [5, 5.41) is 0. The van der Waals surface area contributed by atoms with Gasteiger partial charge >= 0.3 is 0 Å². The van der Waals surface area contributed by atoms with Crippen LogP contribution >= 0.6 is 11.8 Å². The van der Waals surface area contributed by atoms with Crippen LogP contribution in [0, 0.1) is 12.7 Å². The maximum absolute atomic E-state index is 13.4. The molecule has 0 fully saturated rings. The molecule has 1 aromatic heterocycles. The van der Waals surface area contributed by atoms with E-state index in [1.54, 1.807) is 0 Å². The molecule has 2 aromatic rings. The van der Waals surface area contributed by atoms with Gasteiger partial charge in [-0.2, -0.15) is 0 Å². The molecule has 1 aromatic carbocycles. The number of nitrogens with zero attached hydrogens (tertiary/aromatic N) is 1. The predicted octanol–water partition coefficient (Wildman–Crippen LogP) is 3.50. The second-order valence-electron chi connectivity index (χ2n) is 3.83. The Labute approximate surface area is 109 Å². The molecular formula is C14H12FNOS. The minimum Gasteiger partial charge on any atom is -0.293 e. The van der Waals surface area contributed by atoms with Crippen molar-refractivity contribution in [2.45, 2.75) is 11.8 Å². The van der Waals surface area contributed by atoms with E-state index in [4.69, 9.17) is 0 Å². The summed E-state index contributed by atoms with van der Waals surface area (Å²) in [5.74, 6) is -0.553. The van der Waals surface area contributed by atoms with Gasteiger partial charge in [0, 0.05) is 11.1 Å². The number of pyridine rings is 1. The largest absolute Gasteiger partial charge is 0.293 e. The molecule has 0 aliphatic rings. The van der Waals surface area contributed by atoms with Gasteiger partial charge in [-0.25, -0.2) is 4.39 Å². The first-order valence-corrected chi connectivity index (χ1v) is 6.48. The molecule has 0 aliphatic carbocycles. The number of thioether (sulfide) groups is 1. The summed E-state index contributed by atoms with van der Waals surface area (Å²) in [5.41, 5.74) is 1.22. The van der Waals surface area contributed by atoms with Crippen molar-refractivity contribution in [3.05, 3.63) is 59.7 Å². The van der Waals surface area contributed by atoms with Gasteiger partial charge in [0.1, 0.15) is 0 Å². The third kappa shape index (κ3) is 2.96. The summed E-state index contributed by atoms with van der Waals surface area (Å²) in [6, 6.07) is 9.22. The Morgan fingerprint density at radius 2 is 2.11 bits per heavy atom. The van der Waals surface area contributed by atoms with E-state index in [1.807, 2.05) is 31.2 Å². The van der Waals surface area contributed by atoms with Crippen molar-refractivity contribution in [3.63, 3.8) is 0 Å². The van der Waals surface area contributed by atoms with Crippen LogP contribution in [0.5, 0.6) is 0 Å². The zero-order chi connectivity index (χ0) is 13.0. The Balaban J connectivity index is 2.06. The summed E-state index contributed by atoms with van der Waals surface area (Å²) in [7, 11) is 0. The van der Waals surface area contributed by atoms with Crippen LogP contribution in [0.15, 0.2) is 47.6 Å². The first-order chi connectivity index (χ1) is 8.68. The molecule has 0 saturated carbocycles. The molecule has 0 spiro atoms. The quantitative estimate of drug-likeness (QED) is 0.623. The van der Waals surface area contributed by atoms with E-state index >= 15 is 0 Å². The molecular weight excluding hydrogens is 249 g/mol. The highest BCUT2D eigenvalue weighted by Crippen LogP contribution is 2.23. The number of carbonyl (C=O) groups is 1. The molecule has 0 saturated heterocycles. The summed E-state index contributed by atoms with van der Waals surface area (Å²) in [4.78, 5) is 16.5. The first-order valence-electron chi connectivity index (χ1n) is 5.49. The topological polar surface area (TPSA) is 30.0 Å². The van der Waals surface area contributed by atoms with Crippen molar-refractivity contribution in [1.82, 2.24) is 4.98 Å². The number of ketones is 1. The number of Topliss-reactive ketones (excluding diaryl/α,β-unsaturated/α-hetero) is 1. The minimum atomic E-state index is -0.562. The highest BCUT2D eigenvalue weighted by molar-refractivity contribution is 8.00. The minimum absolute atomic E-state index is 0.103. The van der Waals surface area contributed by atoms with E-state index in [-0.39, 0.29) is 17.1 Å². The second-order valence-corrected chi connectivity index (χ2v) is 4.85. The predicted molar refractivity (Wildman–Crippen MR) is 70.4 cm³/mol. The van der Waals surface area contributed by atoms with E-state index in [0.29, 0.717) is 0 Å². The standard InChI is InChI=1S/C14H12FNOS/c1-10-4-2-3-5-14(10)18-9-13(17)11-6-7-16-8-12(11)15/h2-8H,9H2,1H3. The van der Waals surface area contributed by atoms with Gasteiger partial charge in [-0.1, -0.05) is 18.2 Å². The molecule has 0 amide bonds. The highest BCUT2D eigenvalue weighted by Gasteiger charge is 2.12. The smallest absolute Gasteiger partial charge is 0.176 e. The molecule has 0 radical (unpaired) electrons. The van der Waals surface area contributed by atoms with Gasteiger partial charge in [0.2, 0.25) is 0 Å². The number of carbonyl (C=O) groups excluding carboxylic acids is 1. The number of halogens is 1. The lowest BCUT2D eigenvalue weighted by Gasteiger charge is -2.05. The second kappa shape index (κ2) is 5.78. The summed E-state index contributed by atoms with van der Waals surface area (Å²) in [6.07, 6.45) is 2.49. The van der Waals surface area contributed by atoms with Crippen LogP contribution in [0.25, 0.3) is 0 Å². The number of rotatable bonds is 4. The monoisotopic (exact) mass is 261 g/mol. The van der Waals surface area contributed by atoms with Crippen LogP contribution in [-0.2, 0) is 0 Å². The molecule has 1 heterocycles. The molecule has 2 rings (SSSR count). The Bertz CT molecular complexity index is 571. The fraction of sp³-hybridized carbons (Fsp3) is 0.143. The summed E-state index contributed by atoms with van der Waals surface area (Å²) >= 11 is 1.42. The van der Waals surface area contributed by atoms with Gasteiger partial charge in [0.25, 0.3) is 0 Å². The van der Waals surface area contributed by atoms with Crippen LogP contribution in [0.2, 0.25) is 0 Å². The molecule has 0 unspecified atom stereocenters. The Hall–Kier alpha value is -1.68. The number of aromatic nitrogens is 1. The van der Waals surface area contributed by atoms with E-state index in [9.17, 15) is 9.18 Å². The fourth-order valence-corrected chi connectivity index (χ4v) is 2.45. The highest BCUT2D eigenvalue weighted by atomic mass is 32.2. The lowest BCUT2D eigenvalue weighted by atomic mass is 10.2. The molecule has 92 valence electrons. The van der Waals surface area contributed by atoms with E-state index in [1.165, 1.54) is 24.0 Å². The van der Waals surface area contributed by atoms with Crippen molar-refractivity contribution < 1.29 is 9.18 Å². The van der Waals surface area contributed by atoms with Crippen LogP contribution in [0.3, 0.4) is 0 Å². The average Bonchev–Trinajstić information content (AvgIpc) is 2.38. The molecule has 2 nitrogen and oxygen atoms in total. The van der Waals surface area contributed by atoms with E-state index < -0.39 is 5.82 Å². The number of benzene rings is 1. The maximum atomic E-state index is 13.4. The van der Waals surface area contributed by atoms with Crippen molar-refractivity contribution in [2.24, 2.45) is 0 Å². The number of aryl methyl sites for hydroxylation is 1. The molecule has 0 bridgehead atoms. The third-order valence-corrected chi connectivity index (χ3v) is 3.70. The normalized spacial score (nSPS) is 10.3. The van der Waals surface area contributed by atoms with Crippen molar-refractivity contribution in [3.8, 4) is 0 Å². The molecule has 0 aliphatic heterocycles. The van der Waals surface area contributed by atoms with Gasteiger partial charge in [-0.15, -0.1) is 11.8 Å². The fourth-order valence-electron chi connectivity index (χ4n) is 1.54. The first kappa shape index (κ1) is 12.8. The van der Waals surface area contributed by atoms with Crippen LogP contribution in [0.1, 0.15) is 15.9 Å². The van der Waals surface area contributed by atoms with Crippen LogP contribution in [-0.4, -0.2) is 16.5 Å². The molecule has 4 heteroatoms. The number of hydrogen-bond acceptors (Lipinski definition) is 3. The van der Waals surface area contributed by atoms with Gasteiger partial charge in [-0.05, 0) is 24.6 Å². The number of hydrogen-bond donors (Lipinski definition) is 0. The molecule has 18 heavy (non-hydrogen) atoms. The molecule has 0 N–H and O–H groups in total. The summed E-state index contributed by atoms with van der Waals surface area (Å²) < 4.78 is 13.4. The Morgan fingerprint density at radius 1 is 1.33 bits per heavy atom. The Kier molecular flexibility index (Phi) is 4.10. The van der Waals surface area contributed by atoms with Crippen molar-refractivity contribution in [1.29, 1.82) is 0 Å².